The normalized spacial score (nSPS) is 19.7. The Kier molecular flexibility index (Phi) is 3.19. The number of hydrogen-bond donors (Lipinski definition) is 1. The molecule has 0 amide bonds. The van der Waals surface area contributed by atoms with Gasteiger partial charge in [-0.05, 0) is 32.0 Å². The molecule has 96 valence electrons. The Balaban J connectivity index is 1.81. The lowest BCUT2D eigenvalue weighted by molar-refractivity contribution is 0.295. The second-order valence-corrected chi connectivity index (χ2v) is 4.82. The summed E-state index contributed by atoms with van der Waals surface area (Å²) < 4.78 is 5.29. The summed E-state index contributed by atoms with van der Waals surface area (Å²) >= 11 is 0. The first-order valence-corrected chi connectivity index (χ1v) is 6.49. The molecular formula is C14H18N2O2. The van der Waals surface area contributed by atoms with Crippen LogP contribution in [0.25, 0.3) is 0 Å². The average Bonchev–Trinajstić information content (AvgIpc) is 2.47. The number of para-hydroxylation sites is 1. The van der Waals surface area contributed by atoms with Gasteiger partial charge in [0.25, 0.3) is 0 Å². The fourth-order valence-corrected chi connectivity index (χ4v) is 2.67. The van der Waals surface area contributed by atoms with E-state index < -0.39 is 0 Å². The highest BCUT2D eigenvalue weighted by molar-refractivity contribution is 5.90. The molecule has 1 saturated heterocycles. The minimum Gasteiger partial charge on any atom is -0.493 e. The fourth-order valence-electron chi connectivity index (χ4n) is 2.67. The third-order valence-electron chi connectivity index (χ3n) is 3.72. The molecule has 0 saturated carbocycles. The minimum absolute atomic E-state index is 0.561. The molecule has 2 aliphatic rings. The Morgan fingerprint density at radius 1 is 1.33 bits per heavy atom. The second kappa shape index (κ2) is 4.98. The quantitative estimate of drug-likeness (QED) is 0.867. The van der Waals surface area contributed by atoms with E-state index in [1.807, 2.05) is 12.1 Å². The van der Waals surface area contributed by atoms with Crippen LogP contribution >= 0.6 is 0 Å². The van der Waals surface area contributed by atoms with Crippen molar-refractivity contribution in [3.05, 3.63) is 23.8 Å². The summed E-state index contributed by atoms with van der Waals surface area (Å²) in [7, 11) is 1.66. The smallest absolute Gasteiger partial charge is 0.203 e. The van der Waals surface area contributed by atoms with Crippen LogP contribution < -0.4 is 14.9 Å². The first kappa shape index (κ1) is 11.5. The van der Waals surface area contributed by atoms with E-state index in [1.165, 1.54) is 11.3 Å². The molecule has 2 heterocycles. The fraction of sp³-hybridized carbons (Fsp3) is 0.500. The number of benzene rings is 1. The van der Waals surface area contributed by atoms with Crippen molar-refractivity contribution in [1.82, 2.24) is 5.32 Å². The van der Waals surface area contributed by atoms with Gasteiger partial charge < -0.3 is 14.9 Å². The Morgan fingerprint density at radius 2 is 2.17 bits per heavy atom. The van der Waals surface area contributed by atoms with Crippen LogP contribution in [0.2, 0.25) is 0 Å². The molecule has 0 bridgehead atoms. The van der Waals surface area contributed by atoms with Crippen molar-refractivity contribution in [2.45, 2.75) is 19.3 Å². The molecule has 18 heavy (non-hydrogen) atoms. The Morgan fingerprint density at radius 3 is 2.94 bits per heavy atom. The molecule has 1 aromatic carbocycles. The minimum atomic E-state index is 0.561. The molecule has 0 aromatic heterocycles. The Labute approximate surface area is 107 Å². The maximum absolute atomic E-state index is 5.55. The zero-order chi connectivity index (χ0) is 12.4. The van der Waals surface area contributed by atoms with E-state index >= 15 is 0 Å². The van der Waals surface area contributed by atoms with E-state index in [9.17, 15) is 0 Å². The van der Waals surface area contributed by atoms with Crippen LogP contribution in [-0.4, -0.2) is 25.9 Å². The van der Waals surface area contributed by atoms with Crippen LogP contribution in [0.4, 0.5) is 0 Å². The number of oxime groups is 1. The van der Waals surface area contributed by atoms with E-state index in [1.54, 1.807) is 7.11 Å². The van der Waals surface area contributed by atoms with Gasteiger partial charge in [-0.3, -0.25) is 0 Å². The van der Waals surface area contributed by atoms with Gasteiger partial charge in [-0.25, -0.2) is 0 Å². The highest BCUT2D eigenvalue weighted by atomic mass is 16.6. The van der Waals surface area contributed by atoms with Crippen molar-refractivity contribution in [3.63, 3.8) is 0 Å². The Bertz CT molecular complexity index is 465. The zero-order valence-electron chi connectivity index (χ0n) is 10.6. The lowest BCUT2D eigenvalue weighted by atomic mass is 9.89. The highest BCUT2D eigenvalue weighted by Gasteiger charge is 2.25. The third kappa shape index (κ3) is 2.08. The summed E-state index contributed by atoms with van der Waals surface area (Å²) in [6.45, 7) is 2.16. The molecule has 0 aliphatic carbocycles. The Hall–Kier alpha value is -1.55. The van der Waals surface area contributed by atoms with Gasteiger partial charge in [-0.1, -0.05) is 17.3 Å². The van der Waals surface area contributed by atoms with E-state index in [0.29, 0.717) is 5.92 Å². The largest absolute Gasteiger partial charge is 0.493 e. The third-order valence-corrected chi connectivity index (χ3v) is 3.72. The number of hydrogen-bond acceptors (Lipinski definition) is 4. The van der Waals surface area contributed by atoms with Gasteiger partial charge in [0.1, 0.15) is 0 Å². The maximum atomic E-state index is 5.55. The van der Waals surface area contributed by atoms with Gasteiger partial charge in [0.2, 0.25) is 5.75 Å². The van der Waals surface area contributed by atoms with Crippen molar-refractivity contribution < 1.29 is 9.57 Å². The zero-order valence-corrected chi connectivity index (χ0v) is 10.6. The van der Waals surface area contributed by atoms with Crippen molar-refractivity contribution in [2.75, 3.05) is 20.2 Å². The van der Waals surface area contributed by atoms with Crippen LogP contribution in [0.3, 0.4) is 0 Å². The number of nitrogens with zero attached hydrogens (tertiary/aromatic N) is 1. The summed E-state index contributed by atoms with van der Waals surface area (Å²) in [5.74, 6) is 2.10. The molecule has 3 rings (SSSR count). The second-order valence-electron chi connectivity index (χ2n) is 4.82. The predicted octanol–water partition coefficient (Wildman–Crippen LogP) is 1.99. The topological polar surface area (TPSA) is 42.9 Å². The number of piperidine rings is 1. The first-order valence-electron chi connectivity index (χ1n) is 6.49. The van der Waals surface area contributed by atoms with Gasteiger partial charge in [0, 0.05) is 17.9 Å². The van der Waals surface area contributed by atoms with Crippen LogP contribution in [0.5, 0.6) is 11.5 Å². The molecular weight excluding hydrogens is 228 g/mol. The van der Waals surface area contributed by atoms with Crippen LogP contribution in [0.1, 0.15) is 18.4 Å². The summed E-state index contributed by atoms with van der Waals surface area (Å²) in [6, 6.07) is 6.00. The SMILES string of the molecule is COc1cccc2c1ON=C(C1CCNCC1)C2. The van der Waals surface area contributed by atoms with E-state index in [4.69, 9.17) is 9.57 Å². The van der Waals surface area contributed by atoms with Crippen molar-refractivity contribution in [2.24, 2.45) is 11.1 Å². The molecule has 0 spiro atoms. The van der Waals surface area contributed by atoms with Gasteiger partial charge in [-0.2, -0.15) is 0 Å². The molecule has 1 fully saturated rings. The van der Waals surface area contributed by atoms with Gasteiger partial charge in [0.15, 0.2) is 5.75 Å². The molecule has 1 aromatic rings. The highest BCUT2D eigenvalue weighted by Crippen LogP contribution is 2.35. The van der Waals surface area contributed by atoms with E-state index in [2.05, 4.69) is 16.5 Å². The van der Waals surface area contributed by atoms with E-state index in [0.717, 1.165) is 43.9 Å². The molecule has 1 N–H and O–H groups in total. The summed E-state index contributed by atoms with van der Waals surface area (Å²) in [5.41, 5.74) is 2.36. The van der Waals surface area contributed by atoms with Crippen LogP contribution in [-0.2, 0) is 6.42 Å². The monoisotopic (exact) mass is 246 g/mol. The lowest BCUT2D eigenvalue weighted by Crippen LogP contribution is -2.33. The van der Waals surface area contributed by atoms with Crippen molar-refractivity contribution in [1.29, 1.82) is 0 Å². The first-order chi connectivity index (χ1) is 8.88. The van der Waals surface area contributed by atoms with Gasteiger partial charge >= 0.3 is 0 Å². The average molecular weight is 246 g/mol. The molecule has 0 radical (unpaired) electrons. The van der Waals surface area contributed by atoms with Crippen molar-refractivity contribution in [3.8, 4) is 11.5 Å². The molecule has 4 nitrogen and oxygen atoms in total. The molecule has 0 unspecified atom stereocenters. The summed E-state index contributed by atoms with van der Waals surface area (Å²) in [5, 5.41) is 7.69. The number of nitrogens with one attached hydrogen (secondary N) is 1. The summed E-state index contributed by atoms with van der Waals surface area (Å²) in [6.07, 6.45) is 3.19. The molecule has 2 aliphatic heterocycles. The number of fused-ring (bicyclic) bond motifs is 1. The number of ether oxygens (including phenoxy) is 1. The predicted molar refractivity (Wildman–Crippen MR) is 70.4 cm³/mol. The lowest BCUT2D eigenvalue weighted by Gasteiger charge is -2.26. The molecule has 4 heteroatoms. The summed E-state index contributed by atoms with van der Waals surface area (Å²) in [4.78, 5) is 5.55. The van der Waals surface area contributed by atoms with Gasteiger partial charge in [0.05, 0.1) is 12.8 Å². The standard InChI is InChI=1S/C14H18N2O2/c1-17-13-4-2-3-11-9-12(16-18-14(11)13)10-5-7-15-8-6-10/h2-4,10,15H,5-9H2,1H3. The van der Waals surface area contributed by atoms with Crippen molar-refractivity contribution >= 4 is 5.71 Å². The molecule has 0 atom stereocenters. The maximum Gasteiger partial charge on any atom is 0.203 e. The van der Waals surface area contributed by atoms with E-state index in [-0.39, 0.29) is 0 Å². The van der Waals surface area contributed by atoms with Gasteiger partial charge in [-0.15, -0.1) is 0 Å². The number of rotatable bonds is 2. The number of methoxy groups -OCH3 is 1. The van der Waals surface area contributed by atoms with Crippen LogP contribution in [0.15, 0.2) is 23.4 Å². The van der Waals surface area contributed by atoms with Crippen LogP contribution in [0, 0.1) is 5.92 Å².